The number of hydrogen-bond donors (Lipinski definition) is 1. The van der Waals surface area contributed by atoms with Gasteiger partial charge in [0.1, 0.15) is 23.2 Å². The number of rotatable bonds is 7. The van der Waals surface area contributed by atoms with Crippen molar-refractivity contribution in [1.82, 2.24) is 0 Å². The van der Waals surface area contributed by atoms with Crippen LogP contribution in [-0.4, -0.2) is 12.1 Å². The number of halogens is 3. The molecule has 0 bridgehead atoms. The SMILES string of the molecule is O=C(Nc1ccccc1)c1c(N=Cc2cc(I)c(OCc3ccccc3F)c(I)c2)sc2c1CCCC2. The maximum Gasteiger partial charge on any atom is 0.259 e. The largest absolute Gasteiger partial charge is 0.487 e. The van der Waals surface area contributed by atoms with Gasteiger partial charge < -0.3 is 10.1 Å². The summed E-state index contributed by atoms with van der Waals surface area (Å²) in [6.45, 7) is 0.159. The standard InChI is InChI=1S/C29H23FI2N2O2S/c30-22-12-6-4-8-19(22)17-36-27-23(31)14-18(15-24(27)32)16-33-29-26(21-11-5-7-13-25(21)37-29)28(35)34-20-9-2-1-3-10-20/h1-4,6,8-10,12,14-16H,5,7,11,13,17H2,(H,34,35). The highest BCUT2D eigenvalue weighted by molar-refractivity contribution is 14.1. The smallest absolute Gasteiger partial charge is 0.259 e. The number of aryl methyl sites for hydroxylation is 1. The number of fused-ring (bicyclic) bond motifs is 1. The van der Waals surface area contributed by atoms with E-state index in [4.69, 9.17) is 9.73 Å². The van der Waals surface area contributed by atoms with E-state index < -0.39 is 0 Å². The molecule has 0 saturated heterocycles. The Labute approximate surface area is 246 Å². The molecule has 1 aromatic heterocycles. The molecule has 1 amide bonds. The Balaban J connectivity index is 1.39. The van der Waals surface area contributed by atoms with Crippen molar-refractivity contribution < 1.29 is 13.9 Å². The van der Waals surface area contributed by atoms with Crippen LogP contribution in [0.2, 0.25) is 0 Å². The number of hydrogen-bond acceptors (Lipinski definition) is 4. The van der Waals surface area contributed by atoms with E-state index in [1.807, 2.05) is 48.7 Å². The summed E-state index contributed by atoms with van der Waals surface area (Å²) in [5.41, 5.74) is 4.02. The van der Waals surface area contributed by atoms with E-state index in [1.54, 1.807) is 29.5 Å². The summed E-state index contributed by atoms with van der Waals surface area (Å²) in [5, 5.41) is 3.78. The molecular formula is C29H23FI2N2O2S. The van der Waals surface area contributed by atoms with E-state index in [9.17, 15) is 9.18 Å². The van der Waals surface area contributed by atoms with Crippen molar-refractivity contribution in [2.75, 3.05) is 5.32 Å². The fourth-order valence-corrected chi connectivity index (χ4v) is 7.64. The number of anilines is 1. The van der Waals surface area contributed by atoms with Crippen molar-refractivity contribution in [2.45, 2.75) is 32.3 Å². The molecule has 0 saturated carbocycles. The van der Waals surface area contributed by atoms with Gasteiger partial charge in [-0.15, -0.1) is 11.3 Å². The van der Waals surface area contributed by atoms with E-state index in [2.05, 4.69) is 50.5 Å². The summed E-state index contributed by atoms with van der Waals surface area (Å²) >= 11 is 6.08. The third-order valence-electron chi connectivity index (χ3n) is 6.09. The van der Waals surface area contributed by atoms with Gasteiger partial charge in [-0.2, -0.15) is 0 Å². The van der Waals surface area contributed by atoms with Gasteiger partial charge in [-0.3, -0.25) is 4.79 Å². The van der Waals surface area contributed by atoms with E-state index >= 15 is 0 Å². The van der Waals surface area contributed by atoms with Gasteiger partial charge >= 0.3 is 0 Å². The zero-order chi connectivity index (χ0) is 25.8. The second kappa shape index (κ2) is 12.0. The summed E-state index contributed by atoms with van der Waals surface area (Å²) in [5.74, 6) is 0.331. The quantitative estimate of drug-likeness (QED) is 0.153. The van der Waals surface area contributed by atoms with E-state index in [0.717, 1.165) is 60.4 Å². The van der Waals surface area contributed by atoms with Gasteiger partial charge in [-0.05, 0) is 112 Å². The molecule has 0 spiro atoms. The van der Waals surface area contributed by atoms with E-state index in [0.29, 0.717) is 11.1 Å². The number of amides is 1. The lowest BCUT2D eigenvalue weighted by Crippen LogP contribution is -2.14. The summed E-state index contributed by atoms with van der Waals surface area (Å²) < 4.78 is 21.8. The van der Waals surface area contributed by atoms with Crippen molar-refractivity contribution in [3.63, 3.8) is 0 Å². The Kier molecular flexibility index (Phi) is 8.56. The van der Waals surface area contributed by atoms with Gasteiger partial charge in [-0.1, -0.05) is 36.4 Å². The number of para-hydroxylation sites is 1. The number of aliphatic imine (C=N–C) groups is 1. The van der Waals surface area contributed by atoms with Gasteiger partial charge in [-0.25, -0.2) is 9.38 Å². The maximum atomic E-state index is 14.0. The Morgan fingerprint density at radius 1 is 1.03 bits per heavy atom. The number of thiophene rings is 1. The lowest BCUT2D eigenvalue weighted by molar-refractivity contribution is 0.102. The molecule has 0 unspecified atom stereocenters. The second-order valence-corrected chi connectivity index (χ2v) is 12.1. The van der Waals surface area contributed by atoms with Crippen LogP contribution in [0.25, 0.3) is 0 Å². The highest BCUT2D eigenvalue weighted by Crippen LogP contribution is 2.40. The Hall–Kier alpha value is -2.31. The molecule has 5 rings (SSSR count). The fourth-order valence-electron chi connectivity index (χ4n) is 4.28. The first kappa shape index (κ1) is 26.3. The molecule has 3 aromatic carbocycles. The Bertz CT molecular complexity index is 1450. The minimum atomic E-state index is -0.276. The minimum Gasteiger partial charge on any atom is -0.487 e. The van der Waals surface area contributed by atoms with Crippen molar-refractivity contribution in [2.24, 2.45) is 4.99 Å². The summed E-state index contributed by atoms with van der Waals surface area (Å²) in [7, 11) is 0. The molecular weight excluding hydrogens is 713 g/mol. The molecule has 0 atom stereocenters. The van der Waals surface area contributed by atoms with Crippen LogP contribution in [0.3, 0.4) is 0 Å². The topological polar surface area (TPSA) is 50.7 Å². The van der Waals surface area contributed by atoms with Crippen LogP contribution in [0.4, 0.5) is 15.1 Å². The van der Waals surface area contributed by atoms with Gasteiger partial charge in [0.05, 0.1) is 12.7 Å². The molecule has 4 nitrogen and oxygen atoms in total. The number of ether oxygens (including phenoxy) is 1. The predicted molar refractivity (Wildman–Crippen MR) is 165 cm³/mol. The molecule has 1 aliphatic rings. The van der Waals surface area contributed by atoms with Gasteiger partial charge in [0, 0.05) is 22.3 Å². The first-order valence-corrected chi connectivity index (χ1v) is 14.9. The molecule has 188 valence electrons. The molecule has 1 heterocycles. The van der Waals surface area contributed by atoms with Crippen molar-refractivity contribution in [1.29, 1.82) is 0 Å². The molecule has 0 fully saturated rings. The normalized spacial score (nSPS) is 12.9. The van der Waals surface area contributed by atoms with Crippen LogP contribution in [-0.2, 0) is 19.4 Å². The average molecular weight is 736 g/mol. The highest BCUT2D eigenvalue weighted by atomic mass is 127. The van der Waals surface area contributed by atoms with Crippen molar-refractivity contribution in [3.05, 3.63) is 107 Å². The monoisotopic (exact) mass is 736 g/mol. The lowest BCUT2D eigenvalue weighted by atomic mass is 9.95. The number of carbonyl (C=O) groups is 1. The van der Waals surface area contributed by atoms with Crippen LogP contribution in [0.1, 0.15) is 44.8 Å². The van der Waals surface area contributed by atoms with Crippen molar-refractivity contribution >= 4 is 79.3 Å². The summed E-state index contributed by atoms with van der Waals surface area (Å²) in [6.07, 6.45) is 5.93. The number of nitrogens with zero attached hydrogens (tertiary/aromatic N) is 1. The first-order chi connectivity index (χ1) is 18.0. The van der Waals surface area contributed by atoms with E-state index in [-0.39, 0.29) is 18.3 Å². The Morgan fingerprint density at radius 3 is 2.49 bits per heavy atom. The van der Waals surface area contributed by atoms with Crippen LogP contribution in [0.15, 0.2) is 71.7 Å². The summed E-state index contributed by atoms with van der Waals surface area (Å²) in [6, 6.07) is 20.1. The lowest BCUT2D eigenvalue weighted by Gasteiger charge is -2.13. The minimum absolute atomic E-state index is 0.112. The number of benzene rings is 3. The predicted octanol–water partition coefficient (Wildman–Crippen LogP) is 8.56. The van der Waals surface area contributed by atoms with Crippen LogP contribution < -0.4 is 10.1 Å². The van der Waals surface area contributed by atoms with Gasteiger partial charge in [0.25, 0.3) is 5.91 Å². The molecule has 8 heteroatoms. The van der Waals surface area contributed by atoms with Gasteiger partial charge in [0.15, 0.2) is 0 Å². The van der Waals surface area contributed by atoms with Crippen molar-refractivity contribution in [3.8, 4) is 5.75 Å². The molecule has 0 aliphatic heterocycles. The molecule has 37 heavy (non-hydrogen) atoms. The second-order valence-electron chi connectivity index (χ2n) is 8.66. The Morgan fingerprint density at radius 2 is 1.73 bits per heavy atom. The van der Waals surface area contributed by atoms with Crippen LogP contribution >= 0.6 is 56.5 Å². The number of nitrogens with one attached hydrogen (secondary N) is 1. The molecule has 0 radical (unpaired) electrons. The van der Waals surface area contributed by atoms with Crippen LogP contribution in [0, 0.1) is 13.0 Å². The molecule has 4 aromatic rings. The first-order valence-electron chi connectivity index (χ1n) is 11.9. The third kappa shape index (κ3) is 6.23. The maximum absolute atomic E-state index is 14.0. The highest BCUT2D eigenvalue weighted by Gasteiger charge is 2.25. The molecule has 1 aliphatic carbocycles. The van der Waals surface area contributed by atoms with E-state index in [1.165, 1.54) is 10.9 Å². The average Bonchev–Trinajstić information content (AvgIpc) is 3.27. The van der Waals surface area contributed by atoms with Gasteiger partial charge in [0.2, 0.25) is 0 Å². The third-order valence-corrected chi connectivity index (χ3v) is 8.90. The summed E-state index contributed by atoms with van der Waals surface area (Å²) in [4.78, 5) is 19.4. The molecule has 1 N–H and O–H groups in total. The van der Waals surface area contributed by atoms with Crippen LogP contribution in [0.5, 0.6) is 5.75 Å². The number of carbonyl (C=O) groups excluding carboxylic acids is 1. The zero-order valence-corrected chi connectivity index (χ0v) is 24.9. The zero-order valence-electron chi connectivity index (χ0n) is 19.8. The fraction of sp³-hybridized carbons (Fsp3) is 0.172.